The Morgan fingerprint density at radius 1 is 1.16 bits per heavy atom. The molecule has 3 nitrogen and oxygen atoms in total. The standard InChI is InChI=1S/C16H22N2O/c1-3-9-18-15(12-13-7-10-17-11-8-13)16-6-5-14(4-2)19-16/h5-8,10-11,15,18H,3-4,9,12H2,1-2H3. The molecule has 0 radical (unpaired) electrons. The summed E-state index contributed by atoms with van der Waals surface area (Å²) in [6, 6.07) is 8.52. The molecule has 0 saturated carbocycles. The summed E-state index contributed by atoms with van der Waals surface area (Å²) >= 11 is 0. The lowest BCUT2D eigenvalue weighted by atomic mass is 10.1. The fraction of sp³-hybridized carbons (Fsp3) is 0.438. The summed E-state index contributed by atoms with van der Waals surface area (Å²) in [4.78, 5) is 4.06. The molecule has 0 spiro atoms. The average Bonchev–Trinajstić information content (AvgIpc) is 2.93. The van der Waals surface area contributed by atoms with Crippen molar-refractivity contribution in [3.8, 4) is 0 Å². The van der Waals surface area contributed by atoms with Crippen molar-refractivity contribution in [3.63, 3.8) is 0 Å². The minimum Gasteiger partial charge on any atom is -0.464 e. The maximum absolute atomic E-state index is 5.89. The van der Waals surface area contributed by atoms with Gasteiger partial charge in [-0.2, -0.15) is 0 Å². The van der Waals surface area contributed by atoms with Gasteiger partial charge in [0.15, 0.2) is 0 Å². The highest BCUT2D eigenvalue weighted by atomic mass is 16.3. The van der Waals surface area contributed by atoms with Gasteiger partial charge in [0.2, 0.25) is 0 Å². The van der Waals surface area contributed by atoms with Crippen LogP contribution in [0.2, 0.25) is 0 Å². The summed E-state index contributed by atoms with van der Waals surface area (Å²) < 4.78 is 5.89. The molecule has 0 saturated heterocycles. The van der Waals surface area contributed by atoms with E-state index in [-0.39, 0.29) is 6.04 Å². The third kappa shape index (κ3) is 3.93. The van der Waals surface area contributed by atoms with E-state index in [0.29, 0.717) is 0 Å². The van der Waals surface area contributed by atoms with E-state index in [9.17, 15) is 0 Å². The number of rotatable bonds is 7. The lowest BCUT2D eigenvalue weighted by Crippen LogP contribution is -2.23. The maximum atomic E-state index is 5.89. The van der Waals surface area contributed by atoms with E-state index in [1.165, 1.54) is 5.56 Å². The number of aryl methyl sites for hydroxylation is 1. The lowest BCUT2D eigenvalue weighted by Gasteiger charge is -2.16. The van der Waals surface area contributed by atoms with Gasteiger partial charge < -0.3 is 9.73 Å². The summed E-state index contributed by atoms with van der Waals surface area (Å²) in [6.45, 7) is 5.29. The summed E-state index contributed by atoms with van der Waals surface area (Å²) in [5.74, 6) is 2.08. The molecule has 2 heterocycles. The van der Waals surface area contributed by atoms with Crippen LogP contribution in [-0.2, 0) is 12.8 Å². The molecule has 102 valence electrons. The minimum atomic E-state index is 0.239. The molecule has 1 atom stereocenters. The van der Waals surface area contributed by atoms with Crippen molar-refractivity contribution in [2.75, 3.05) is 6.54 Å². The number of furan rings is 1. The molecule has 0 aliphatic heterocycles. The monoisotopic (exact) mass is 258 g/mol. The number of nitrogens with zero attached hydrogens (tertiary/aromatic N) is 1. The second kappa shape index (κ2) is 7.10. The molecule has 2 aromatic rings. The van der Waals surface area contributed by atoms with Crippen LogP contribution in [0.3, 0.4) is 0 Å². The number of hydrogen-bond donors (Lipinski definition) is 1. The SMILES string of the molecule is CCCNC(Cc1ccncc1)c1ccc(CC)o1. The van der Waals surface area contributed by atoms with E-state index >= 15 is 0 Å². The number of pyridine rings is 1. The zero-order chi connectivity index (χ0) is 13.5. The van der Waals surface area contributed by atoms with Gasteiger partial charge in [0.25, 0.3) is 0 Å². The topological polar surface area (TPSA) is 38.1 Å². The van der Waals surface area contributed by atoms with E-state index in [4.69, 9.17) is 4.42 Å². The molecule has 0 amide bonds. The van der Waals surface area contributed by atoms with Crippen LogP contribution in [0.15, 0.2) is 41.1 Å². The molecule has 0 aromatic carbocycles. The maximum Gasteiger partial charge on any atom is 0.121 e. The van der Waals surface area contributed by atoms with E-state index in [1.54, 1.807) is 0 Å². The first-order valence-electron chi connectivity index (χ1n) is 7.04. The molecular formula is C16H22N2O. The van der Waals surface area contributed by atoms with Crippen LogP contribution >= 0.6 is 0 Å². The van der Waals surface area contributed by atoms with Crippen LogP contribution in [0.1, 0.15) is 43.4 Å². The second-order valence-corrected chi connectivity index (χ2v) is 4.72. The fourth-order valence-electron chi connectivity index (χ4n) is 2.12. The Morgan fingerprint density at radius 2 is 1.95 bits per heavy atom. The van der Waals surface area contributed by atoms with Gasteiger partial charge in [0.05, 0.1) is 6.04 Å². The van der Waals surface area contributed by atoms with Crippen molar-refractivity contribution in [1.29, 1.82) is 0 Å². The quantitative estimate of drug-likeness (QED) is 0.825. The van der Waals surface area contributed by atoms with Crippen molar-refractivity contribution in [2.24, 2.45) is 0 Å². The van der Waals surface area contributed by atoms with Crippen molar-refractivity contribution in [1.82, 2.24) is 10.3 Å². The summed E-state index contributed by atoms with van der Waals surface area (Å²) in [7, 11) is 0. The highest BCUT2D eigenvalue weighted by Crippen LogP contribution is 2.21. The first kappa shape index (κ1) is 13.8. The highest BCUT2D eigenvalue weighted by molar-refractivity contribution is 5.17. The molecule has 2 rings (SSSR count). The van der Waals surface area contributed by atoms with Gasteiger partial charge in [-0.3, -0.25) is 4.98 Å². The third-order valence-electron chi connectivity index (χ3n) is 3.20. The first-order valence-corrected chi connectivity index (χ1v) is 7.04. The van der Waals surface area contributed by atoms with Crippen molar-refractivity contribution in [3.05, 3.63) is 53.7 Å². The molecule has 1 N–H and O–H groups in total. The Labute approximate surface area is 115 Å². The Hall–Kier alpha value is -1.61. The van der Waals surface area contributed by atoms with Crippen LogP contribution in [0, 0.1) is 0 Å². The lowest BCUT2D eigenvalue weighted by molar-refractivity contribution is 0.392. The minimum absolute atomic E-state index is 0.239. The molecule has 0 aliphatic rings. The van der Waals surface area contributed by atoms with Crippen molar-refractivity contribution >= 4 is 0 Å². The summed E-state index contributed by atoms with van der Waals surface area (Å²) in [6.07, 6.45) is 6.67. The van der Waals surface area contributed by atoms with E-state index < -0.39 is 0 Å². The van der Waals surface area contributed by atoms with E-state index in [1.807, 2.05) is 12.4 Å². The smallest absolute Gasteiger partial charge is 0.121 e. The Bertz CT molecular complexity index is 479. The van der Waals surface area contributed by atoms with Crippen molar-refractivity contribution in [2.45, 2.75) is 39.2 Å². The number of aromatic nitrogens is 1. The van der Waals surface area contributed by atoms with Crippen LogP contribution in [0.4, 0.5) is 0 Å². The number of nitrogens with one attached hydrogen (secondary N) is 1. The molecule has 19 heavy (non-hydrogen) atoms. The highest BCUT2D eigenvalue weighted by Gasteiger charge is 2.15. The summed E-state index contributed by atoms with van der Waals surface area (Å²) in [5.41, 5.74) is 1.28. The number of hydrogen-bond acceptors (Lipinski definition) is 3. The molecule has 0 aliphatic carbocycles. The molecule has 0 bridgehead atoms. The van der Waals surface area contributed by atoms with Gasteiger partial charge in [-0.1, -0.05) is 13.8 Å². The molecule has 3 heteroatoms. The normalized spacial score (nSPS) is 12.5. The molecular weight excluding hydrogens is 236 g/mol. The largest absolute Gasteiger partial charge is 0.464 e. The molecule has 2 aromatic heterocycles. The molecule has 1 unspecified atom stereocenters. The van der Waals surface area contributed by atoms with Crippen LogP contribution in [0.25, 0.3) is 0 Å². The predicted octanol–water partition coefficient (Wildman–Crippen LogP) is 3.52. The van der Waals surface area contributed by atoms with Gasteiger partial charge in [-0.15, -0.1) is 0 Å². The summed E-state index contributed by atoms with van der Waals surface area (Å²) in [5, 5.41) is 3.56. The van der Waals surface area contributed by atoms with Gasteiger partial charge >= 0.3 is 0 Å². The van der Waals surface area contributed by atoms with Gasteiger partial charge in [0, 0.05) is 18.8 Å². The van der Waals surface area contributed by atoms with E-state index in [2.05, 4.69) is 48.4 Å². The fourth-order valence-corrected chi connectivity index (χ4v) is 2.12. The Morgan fingerprint density at radius 3 is 2.58 bits per heavy atom. The average molecular weight is 258 g/mol. The molecule has 0 fully saturated rings. The van der Waals surface area contributed by atoms with Crippen LogP contribution < -0.4 is 5.32 Å². The first-order chi connectivity index (χ1) is 9.33. The Balaban J connectivity index is 2.11. The zero-order valence-electron chi connectivity index (χ0n) is 11.7. The van der Waals surface area contributed by atoms with Crippen LogP contribution in [-0.4, -0.2) is 11.5 Å². The van der Waals surface area contributed by atoms with Crippen molar-refractivity contribution < 1.29 is 4.42 Å². The Kier molecular flexibility index (Phi) is 5.16. The second-order valence-electron chi connectivity index (χ2n) is 4.72. The van der Waals surface area contributed by atoms with Gasteiger partial charge in [-0.05, 0) is 49.2 Å². The van der Waals surface area contributed by atoms with Gasteiger partial charge in [-0.25, -0.2) is 0 Å². The van der Waals surface area contributed by atoms with Gasteiger partial charge in [0.1, 0.15) is 11.5 Å². The predicted molar refractivity (Wildman–Crippen MR) is 77.1 cm³/mol. The zero-order valence-corrected chi connectivity index (χ0v) is 11.7. The van der Waals surface area contributed by atoms with Crippen LogP contribution in [0.5, 0.6) is 0 Å². The van der Waals surface area contributed by atoms with E-state index in [0.717, 1.165) is 37.3 Å². The third-order valence-corrected chi connectivity index (χ3v) is 3.20.